The van der Waals surface area contributed by atoms with Gasteiger partial charge in [-0.1, -0.05) is 24.2 Å². The molecular weight excluding hydrogens is 230 g/mol. The Morgan fingerprint density at radius 3 is 2.72 bits per heavy atom. The number of aromatic nitrogens is 2. The zero-order chi connectivity index (χ0) is 13.0. The van der Waals surface area contributed by atoms with Crippen molar-refractivity contribution in [3.8, 4) is 5.75 Å². The van der Waals surface area contributed by atoms with Gasteiger partial charge in [0.25, 0.3) is 0 Å². The average Bonchev–Trinajstić information content (AvgIpc) is 2.81. The second-order valence-electron chi connectivity index (χ2n) is 4.37. The van der Waals surface area contributed by atoms with E-state index in [-0.39, 0.29) is 11.7 Å². The van der Waals surface area contributed by atoms with E-state index in [2.05, 4.69) is 10.1 Å². The summed E-state index contributed by atoms with van der Waals surface area (Å²) in [6, 6.07) is 6.98. The fraction of sp³-hybridized carbons (Fsp3) is 0.385. The molecule has 0 radical (unpaired) electrons. The molecule has 0 aliphatic heterocycles. The van der Waals surface area contributed by atoms with Crippen molar-refractivity contribution in [3.05, 3.63) is 41.5 Å². The van der Waals surface area contributed by atoms with E-state index < -0.39 is 0 Å². The Morgan fingerprint density at radius 1 is 1.33 bits per heavy atom. The van der Waals surface area contributed by atoms with Crippen LogP contribution in [0.25, 0.3) is 0 Å². The summed E-state index contributed by atoms with van der Waals surface area (Å²) in [7, 11) is 0. The normalized spacial score (nSPS) is 12.6. The monoisotopic (exact) mass is 247 g/mol. The van der Waals surface area contributed by atoms with Gasteiger partial charge >= 0.3 is 0 Å². The number of phenolic OH excluding ortho intramolecular Hbond substituents is 1. The van der Waals surface area contributed by atoms with Crippen LogP contribution in [-0.4, -0.2) is 21.8 Å². The molecule has 0 saturated carbocycles. The molecule has 1 atom stereocenters. The van der Waals surface area contributed by atoms with Crippen molar-refractivity contribution in [2.45, 2.75) is 25.7 Å². The van der Waals surface area contributed by atoms with Crippen LogP contribution >= 0.6 is 0 Å². The molecular formula is C13H17N3O2. The molecule has 5 nitrogen and oxygen atoms in total. The van der Waals surface area contributed by atoms with Gasteiger partial charge in [0.05, 0.1) is 0 Å². The van der Waals surface area contributed by atoms with Gasteiger partial charge in [0.1, 0.15) is 5.75 Å². The highest BCUT2D eigenvalue weighted by Gasteiger charge is 2.13. The first-order chi connectivity index (χ1) is 8.69. The fourth-order valence-corrected chi connectivity index (χ4v) is 1.71. The Kier molecular flexibility index (Phi) is 3.94. The first-order valence-electron chi connectivity index (χ1n) is 5.99. The van der Waals surface area contributed by atoms with Gasteiger partial charge in [-0.15, -0.1) is 0 Å². The van der Waals surface area contributed by atoms with E-state index in [1.54, 1.807) is 12.1 Å². The summed E-state index contributed by atoms with van der Waals surface area (Å²) >= 11 is 0. The van der Waals surface area contributed by atoms with Crippen LogP contribution in [0.3, 0.4) is 0 Å². The highest BCUT2D eigenvalue weighted by atomic mass is 16.5. The Labute approximate surface area is 106 Å². The van der Waals surface area contributed by atoms with Crippen molar-refractivity contribution < 1.29 is 9.63 Å². The van der Waals surface area contributed by atoms with E-state index in [1.807, 2.05) is 19.1 Å². The topological polar surface area (TPSA) is 85.2 Å². The second kappa shape index (κ2) is 5.64. The van der Waals surface area contributed by atoms with E-state index in [1.165, 1.54) is 0 Å². The maximum Gasteiger partial charge on any atom is 0.229 e. The highest BCUT2D eigenvalue weighted by Crippen LogP contribution is 2.17. The largest absolute Gasteiger partial charge is 0.508 e. The Bertz CT molecular complexity index is 493. The number of hydrogen-bond donors (Lipinski definition) is 2. The van der Waals surface area contributed by atoms with Crippen molar-refractivity contribution in [2.24, 2.45) is 5.73 Å². The second-order valence-corrected chi connectivity index (χ2v) is 4.37. The van der Waals surface area contributed by atoms with Gasteiger partial charge in [-0.3, -0.25) is 0 Å². The minimum atomic E-state index is 0.191. The number of aromatic hydroxyl groups is 1. The summed E-state index contributed by atoms with van der Waals surface area (Å²) in [5.41, 5.74) is 6.53. The summed E-state index contributed by atoms with van der Waals surface area (Å²) in [6.45, 7) is 2.63. The number of nitrogens with zero attached hydrogens (tertiary/aromatic N) is 2. The van der Waals surface area contributed by atoms with E-state index in [0.29, 0.717) is 24.7 Å². The molecule has 18 heavy (non-hydrogen) atoms. The van der Waals surface area contributed by atoms with Crippen molar-refractivity contribution in [1.29, 1.82) is 0 Å². The third kappa shape index (κ3) is 3.07. The fourth-order valence-electron chi connectivity index (χ4n) is 1.71. The van der Waals surface area contributed by atoms with Crippen LogP contribution in [0.2, 0.25) is 0 Å². The van der Waals surface area contributed by atoms with Crippen molar-refractivity contribution >= 4 is 0 Å². The average molecular weight is 247 g/mol. The van der Waals surface area contributed by atoms with E-state index in [4.69, 9.17) is 10.3 Å². The molecule has 0 bridgehead atoms. The highest BCUT2D eigenvalue weighted by molar-refractivity contribution is 5.27. The molecule has 3 N–H and O–H groups in total. The molecule has 1 heterocycles. The van der Waals surface area contributed by atoms with Crippen LogP contribution in [0.5, 0.6) is 5.75 Å². The number of rotatable bonds is 5. The van der Waals surface area contributed by atoms with Gasteiger partial charge < -0.3 is 15.4 Å². The quantitative estimate of drug-likeness (QED) is 0.841. The Hall–Kier alpha value is -1.88. The molecule has 2 aromatic rings. The Morgan fingerprint density at radius 2 is 2.06 bits per heavy atom. The first kappa shape index (κ1) is 12.6. The van der Waals surface area contributed by atoms with Gasteiger partial charge in [0.2, 0.25) is 5.89 Å². The van der Waals surface area contributed by atoms with Gasteiger partial charge in [-0.25, -0.2) is 0 Å². The molecule has 1 aromatic heterocycles. The summed E-state index contributed by atoms with van der Waals surface area (Å²) in [5.74, 6) is 1.73. The predicted molar refractivity (Wildman–Crippen MR) is 67.3 cm³/mol. The summed E-state index contributed by atoms with van der Waals surface area (Å²) in [6.07, 6.45) is 1.43. The molecule has 1 unspecified atom stereocenters. The molecule has 0 aliphatic rings. The van der Waals surface area contributed by atoms with E-state index in [0.717, 1.165) is 12.0 Å². The maximum absolute atomic E-state index is 9.20. The lowest BCUT2D eigenvalue weighted by Gasteiger charge is -2.01. The molecule has 5 heteroatoms. The van der Waals surface area contributed by atoms with Gasteiger partial charge in [-0.05, 0) is 30.7 Å². The lowest BCUT2D eigenvalue weighted by atomic mass is 10.1. The first-order valence-corrected chi connectivity index (χ1v) is 5.99. The maximum atomic E-state index is 9.20. The third-order valence-corrected chi connectivity index (χ3v) is 2.80. The van der Waals surface area contributed by atoms with Crippen molar-refractivity contribution in [1.82, 2.24) is 10.1 Å². The molecule has 0 aliphatic carbocycles. The summed E-state index contributed by atoms with van der Waals surface area (Å²) in [5, 5.41) is 13.1. The van der Waals surface area contributed by atoms with Crippen LogP contribution in [0, 0.1) is 0 Å². The molecule has 0 fully saturated rings. The minimum Gasteiger partial charge on any atom is -0.508 e. The molecule has 0 amide bonds. The van der Waals surface area contributed by atoms with Crippen LogP contribution in [0.1, 0.15) is 36.5 Å². The standard InChI is InChI=1S/C13H17N3O2/c1-9(6-7-14)13-15-12(16-18-13)8-10-2-4-11(17)5-3-10/h2-5,9,17H,6-8,14H2,1H3. The lowest BCUT2D eigenvalue weighted by molar-refractivity contribution is 0.351. The van der Waals surface area contributed by atoms with Crippen LogP contribution in [-0.2, 0) is 6.42 Å². The Balaban J connectivity index is 2.04. The SMILES string of the molecule is CC(CCN)c1nc(Cc2ccc(O)cc2)no1. The minimum absolute atomic E-state index is 0.191. The van der Waals surface area contributed by atoms with Gasteiger partial charge in [0, 0.05) is 12.3 Å². The molecule has 2 rings (SSSR count). The number of nitrogens with two attached hydrogens (primary N) is 1. The molecule has 96 valence electrons. The van der Waals surface area contributed by atoms with Crippen molar-refractivity contribution in [3.63, 3.8) is 0 Å². The number of phenols is 1. The molecule has 1 aromatic carbocycles. The van der Waals surface area contributed by atoms with E-state index in [9.17, 15) is 5.11 Å². The lowest BCUT2D eigenvalue weighted by Crippen LogP contribution is -2.04. The number of benzene rings is 1. The summed E-state index contributed by atoms with van der Waals surface area (Å²) in [4.78, 5) is 4.35. The third-order valence-electron chi connectivity index (χ3n) is 2.80. The zero-order valence-electron chi connectivity index (χ0n) is 10.3. The molecule has 0 spiro atoms. The van der Waals surface area contributed by atoms with E-state index >= 15 is 0 Å². The summed E-state index contributed by atoms with van der Waals surface area (Å²) < 4.78 is 5.21. The predicted octanol–water partition coefficient (Wildman–Crippen LogP) is 1.82. The van der Waals surface area contributed by atoms with Crippen LogP contribution in [0.15, 0.2) is 28.8 Å². The van der Waals surface area contributed by atoms with Gasteiger partial charge in [0.15, 0.2) is 5.82 Å². The zero-order valence-corrected chi connectivity index (χ0v) is 10.3. The van der Waals surface area contributed by atoms with Gasteiger partial charge in [-0.2, -0.15) is 4.98 Å². The van der Waals surface area contributed by atoms with Crippen LogP contribution < -0.4 is 5.73 Å². The number of hydrogen-bond acceptors (Lipinski definition) is 5. The smallest absolute Gasteiger partial charge is 0.229 e. The molecule has 0 saturated heterocycles. The van der Waals surface area contributed by atoms with Crippen LogP contribution in [0.4, 0.5) is 0 Å². The van der Waals surface area contributed by atoms with Crippen molar-refractivity contribution in [2.75, 3.05) is 6.54 Å².